The second kappa shape index (κ2) is 11.4. The van der Waals surface area contributed by atoms with E-state index in [9.17, 15) is 0 Å². The van der Waals surface area contributed by atoms with Gasteiger partial charge in [-0.2, -0.15) is 6.08 Å². The van der Waals surface area contributed by atoms with Crippen LogP contribution in [0, 0.1) is 6.08 Å². The summed E-state index contributed by atoms with van der Waals surface area (Å²) < 4.78 is 0. The van der Waals surface area contributed by atoms with Crippen LogP contribution in [0.15, 0.2) is 72.3 Å². The molecule has 0 nitrogen and oxygen atoms in total. The van der Waals surface area contributed by atoms with E-state index in [1.165, 1.54) is 46.4 Å². The number of unbranched alkanes of at least 4 members (excludes halogenated alkanes) is 1. The molecule has 3 aromatic rings. The minimum Gasteiger partial charge on any atom is -0.126 e. The summed E-state index contributed by atoms with van der Waals surface area (Å²) in [4.78, 5) is 0. The van der Waals surface area contributed by atoms with Gasteiger partial charge in [0.1, 0.15) is 0 Å². The molecule has 0 amide bonds. The molecule has 0 radical (unpaired) electrons. The summed E-state index contributed by atoms with van der Waals surface area (Å²) in [6, 6.07) is 19.3. The van der Waals surface area contributed by atoms with Gasteiger partial charge in [0.15, 0.2) is 0 Å². The minimum atomic E-state index is 0.120. The summed E-state index contributed by atoms with van der Waals surface area (Å²) in [5.41, 5.74) is 1.41. The van der Waals surface area contributed by atoms with Gasteiger partial charge in [-0.1, -0.05) is 62.6 Å². The van der Waals surface area contributed by atoms with Gasteiger partial charge in [-0.05, 0) is 0 Å². The van der Waals surface area contributed by atoms with Crippen LogP contribution in [0.5, 0.6) is 0 Å². The topological polar surface area (TPSA) is 0 Å². The Balaban J connectivity index is 0.000000164. The predicted molar refractivity (Wildman–Crippen MR) is 115 cm³/mol. The van der Waals surface area contributed by atoms with E-state index < -0.39 is 0 Å². The Morgan fingerprint density at radius 3 is 2.00 bits per heavy atom. The molecule has 132 valence electrons. The van der Waals surface area contributed by atoms with Gasteiger partial charge < -0.3 is 0 Å². The van der Waals surface area contributed by atoms with Gasteiger partial charge in [0.2, 0.25) is 0 Å². The maximum atomic E-state index is 3.30. The van der Waals surface area contributed by atoms with Crippen molar-refractivity contribution in [1.29, 1.82) is 0 Å². The van der Waals surface area contributed by atoms with Crippen LogP contribution >= 0.6 is 0 Å². The SMILES string of the molecule is CCCCC1=[C-]CC=C1.C[Si](C)=[Ti+2].c1ccc2c(c1)[cH-]c1ccccc12. The molecule has 26 heavy (non-hydrogen) atoms. The number of allylic oxidation sites excluding steroid dienone is 4. The molecule has 0 unspecified atom stereocenters. The maximum Gasteiger partial charge on any atom is -0.0771 e. The van der Waals surface area contributed by atoms with Gasteiger partial charge in [-0.25, -0.2) is 11.6 Å². The average Bonchev–Trinajstić information content (AvgIpc) is 3.27. The monoisotopic (exact) mass is 392 g/mol. The third kappa shape index (κ3) is 6.79. The van der Waals surface area contributed by atoms with E-state index in [0.29, 0.717) is 0 Å². The van der Waals surface area contributed by atoms with Crippen molar-refractivity contribution in [2.24, 2.45) is 0 Å². The van der Waals surface area contributed by atoms with Crippen molar-refractivity contribution in [3.63, 3.8) is 0 Å². The second-order valence-corrected chi connectivity index (χ2v) is 13.4. The number of benzene rings is 2. The van der Waals surface area contributed by atoms with Crippen molar-refractivity contribution in [2.45, 2.75) is 45.7 Å². The molecule has 0 N–H and O–H groups in total. The second-order valence-electron chi connectivity index (χ2n) is 6.73. The predicted octanol–water partition coefficient (Wildman–Crippen LogP) is 7.36. The molecule has 0 atom stereocenters. The van der Waals surface area contributed by atoms with Crippen molar-refractivity contribution in [2.75, 3.05) is 0 Å². The van der Waals surface area contributed by atoms with Gasteiger partial charge in [0.05, 0.1) is 0 Å². The zero-order valence-electron chi connectivity index (χ0n) is 16.2. The molecule has 0 fully saturated rings. The normalized spacial score (nSPS) is 12.3. The molecule has 0 saturated carbocycles. The third-order valence-corrected chi connectivity index (χ3v) is 4.09. The average molecular weight is 392 g/mol. The van der Waals surface area contributed by atoms with Gasteiger partial charge in [-0.3, -0.25) is 6.08 Å². The Hall–Kier alpha value is -1.28. The summed E-state index contributed by atoms with van der Waals surface area (Å²) in [5, 5.41) is 5.39. The van der Waals surface area contributed by atoms with E-state index in [4.69, 9.17) is 0 Å². The first-order valence-electron chi connectivity index (χ1n) is 9.43. The van der Waals surface area contributed by atoms with Crippen molar-refractivity contribution in [3.05, 3.63) is 78.4 Å². The molecule has 1 aliphatic rings. The fourth-order valence-electron chi connectivity index (χ4n) is 2.89. The van der Waals surface area contributed by atoms with Gasteiger partial charge in [0.25, 0.3) is 0 Å². The van der Waals surface area contributed by atoms with Crippen LogP contribution in [-0.2, 0) is 19.2 Å². The third-order valence-electron chi connectivity index (χ3n) is 4.09. The first-order valence-corrected chi connectivity index (χ1v) is 14.3. The molecule has 1 aliphatic carbocycles. The summed E-state index contributed by atoms with van der Waals surface area (Å²) in [7, 11) is 0. The molecule has 4 rings (SSSR count). The maximum absolute atomic E-state index is 3.30. The number of hydrogen-bond acceptors (Lipinski definition) is 0. The van der Waals surface area contributed by atoms with Gasteiger partial charge in [0, 0.05) is 0 Å². The molecule has 0 heterocycles. The molecule has 0 spiro atoms. The summed E-state index contributed by atoms with van der Waals surface area (Å²) >= 11 is 2.27. The van der Waals surface area contributed by atoms with Gasteiger partial charge >= 0.3 is 38.5 Å². The van der Waals surface area contributed by atoms with Crippen LogP contribution in [-0.4, -0.2) is 6.19 Å². The first-order chi connectivity index (χ1) is 12.6. The van der Waals surface area contributed by atoms with E-state index in [0.717, 1.165) is 6.42 Å². The Morgan fingerprint density at radius 1 is 1.00 bits per heavy atom. The van der Waals surface area contributed by atoms with Crippen molar-refractivity contribution < 1.29 is 19.2 Å². The molecule has 2 heteroatoms. The van der Waals surface area contributed by atoms with Crippen molar-refractivity contribution in [1.82, 2.24) is 0 Å². The number of hydrogen-bond donors (Lipinski definition) is 0. The largest absolute Gasteiger partial charge is 0.126 e. The van der Waals surface area contributed by atoms with Gasteiger partial charge in [-0.15, -0.1) is 46.2 Å². The molecule has 3 aromatic carbocycles. The van der Waals surface area contributed by atoms with Crippen molar-refractivity contribution >= 4 is 27.7 Å². The van der Waals surface area contributed by atoms with E-state index >= 15 is 0 Å². The van der Waals surface area contributed by atoms with Crippen LogP contribution in [0.3, 0.4) is 0 Å². The quantitative estimate of drug-likeness (QED) is 0.323. The summed E-state index contributed by atoms with van der Waals surface area (Å²) in [5.74, 6) is 0. The number of fused-ring (bicyclic) bond motifs is 3. The van der Waals surface area contributed by atoms with E-state index in [1.807, 2.05) is 0 Å². The van der Waals surface area contributed by atoms with Crippen LogP contribution in [0.25, 0.3) is 21.5 Å². The fourth-order valence-corrected chi connectivity index (χ4v) is 2.89. The van der Waals surface area contributed by atoms with Crippen molar-refractivity contribution in [3.8, 4) is 0 Å². The molecular formula is C24H28SiTi. The smallest absolute Gasteiger partial charge is 0.0771 e. The standard InChI is InChI=1S/C13H9.C9H13.C2H6Si.Ti/c1-3-7-12-10(5-1)9-11-6-2-4-8-13(11)12;1-2-3-6-9-7-4-5-8-9;1-3-2;/h1-9H;4,7H,2-3,5-6H2,1H3;1-2H3;/q2*-1;;+2. The van der Waals surface area contributed by atoms with E-state index in [-0.39, 0.29) is 6.19 Å². The Bertz CT molecular complexity index is 844. The first kappa shape index (κ1) is 21.0. The van der Waals surface area contributed by atoms with Crippen LogP contribution in [0.1, 0.15) is 32.6 Å². The zero-order chi connectivity index (χ0) is 18.8. The summed E-state index contributed by atoms with van der Waals surface area (Å²) in [6.07, 6.45) is 12.7. The number of rotatable bonds is 3. The Morgan fingerprint density at radius 2 is 1.54 bits per heavy atom. The molecule has 0 saturated heterocycles. The van der Waals surface area contributed by atoms with Crippen LogP contribution in [0.2, 0.25) is 13.1 Å². The Labute approximate surface area is 170 Å². The zero-order valence-corrected chi connectivity index (χ0v) is 18.7. The van der Waals surface area contributed by atoms with Crippen LogP contribution < -0.4 is 0 Å². The summed E-state index contributed by atoms with van der Waals surface area (Å²) in [6.45, 7) is 6.76. The minimum absolute atomic E-state index is 0.120. The van der Waals surface area contributed by atoms with E-state index in [2.05, 4.69) is 112 Å². The molecule has 0 bridgehead atoms. The molecule has 0 aromatic heterocycles. The molecular weight excluding hydrogens is 364 g/mol. The van der Waals surface area contributed by atoms with Crippen LogP contribution in [0.4, 0.5) is 0 Å². The van der Waals surface area contributed by atoms with E-state index in [1.54, 1.807) is 0 Å². The fraction of sp³-hybridized carbons (Fsp3) is 0.292. The molecule has 0 aliphatic heterocycles. The Kier molecular flexibility index (Phi) is 9.25.